The van der Waals surface area contributed by atoms with E-state index in [-0.39, 0.29) is 0 Å². The molecule has 0 radical (unpaired) electrons. The van der Waals surface area contributed by atoms with Gasteiger partial charge in [-0.05, 0) is 38.0 Å². The highest BCUT2D eigenvalue weighted by molar-refractivity contribution is 7.12. The molecule has 1 aliphatic rings. The van der Waals surface area contributed by atoms with Gasteiger partial charge in [-0.15, -0.1) is 11.3 Å². The summed E-state index contributed by atoms with van der Waals surface area (Å²) in [4.78, 5) is 5.78. The first-order valence-electron chi connectivity index (χ1n) is 9.21. The van der Waals surface area contributed by atoms with Crippen molar-refractivity contribution in [1.29, 1.82) is 0 Å². The van der Waals surface area contributed by atoms with Crippen LogP contribution in [0.25, 0.3) is 11.3 Å². The van der Waals surface area contributed by atoms with Gasteiger partial charge >= 0.3 is 0 Å². The van der Waals surface area contributed by atoms with Gasteiger partial charge in [-0.1, -0.05) is 64.4 Å². The average Bonchev–Trinajstić information content (AvgIpc) is 3.03. The minimum absolute atomic E-state index is 0.388. The van der Waals surface area contributed by atoms with Crippen LogP contribution in [0.1, 0.15) is 69.7 Å². The Balaban J connectivity index is 0.00000100. The van der Waals surface area contributed by atoms with E-state index in [9.17, 15) is 5.11 Å². The van der Waals surface area contributed by atoms with Crippen LogP contribution in [-0.2, 0) is 5.60 Å². The second-order valence-electron chi connectivity index (χ2n) is 6.97. The highest BCUT2D eigenvalue weighted by Crippen LogP contribution is 2.50. The van der Waals surface area contributed by atoms with E-state index in [1.54, 1.807) is 11.3 Å². The largest absolute Gasteiger partial charge is 0.384 e. The summed E-state index contributed by atoms with van der Waals surface area (Å²) < 4.78 is 0. The molecule has 2 aromatic rings. The van der Waals surface area contributed by atoms with Crippen LogP contribution in [0.4, 0.5) is 0 Å². The van der Waals surface area contributed by atoms with E-state index in [0.717, 1.165) is 46.8 Å². The first-order valence-corrected chi connectivity index (χ1v) is 10.0. The molecule has 1 aromatic heterocycles. The van der Waals surface area contributed by atoms with Crippen LogP contribution in [0.3, 0.4) is 0 Å². The maximum absolute atomic E-state index is 11.3. The van der Waals surface area contributed by atoms with Gasteiger partial charge in [0.1, 0.15) is 5.60 Å². The fourth-order valence-corrected chi connectivity index (χ4v) is 4.47. The van der Waals surface area contributed by atoms with Crippen LogP contribution in [0, 0.1) is 12.3 Å². The highest BCUT2D eigenvalue weighted by atomic mass is 32.1. The summed E-state index contributed by atoms with van der Waals surface area (Å²) in [7, 11) is 0. The molecule has 24 heavy (non-hydrogen) atoms. The Kier molecular flexibility index (Phi) is 6.22. The molecule has 1 fully saturated rings. The van der Waals surface area contributed by atoms with Crippen molar-refractivity contribution in [1.82, 2.24) is 4.98 Å². The summed E-state index contributed by atoms with van der Waals surface area (Å²) in [6.45, 7) is 10.6. The van der Waals surface area contributed by atoms with Gasteiger partial charge in [-0.2, -0.15) is 0 Å². The van der Waals surface area contributed by atoms with E-state index in [1.807, 2.05) is 39.0 Å². The van der Waals surface area contributed by atoms with Crippen molar-refractivity contribution >= 4 is 11.3 Å². The summed E-state index contributed by atoms with van der Waals surface area (Å²) >= 11 is 1.66. The Morgan fingerprint density at radius 1 is 1.08 bits per heavy atom. The maximum atomic E-state index is 11.3. The molecule has 0 atom stereocenters. The summed E-state index contributed by atoms with van der Waals surface area (Å²) in [6, 6.07) is 10.3. The third-order valence-corrected chi connectivity index (χ3v) is 6.51. The van der Waals surface area contributed by atoms with E-state index in [2.05, 4.69) is 26.0 Å². The van der Waals surface area contributed by atoms with Gasteiger partial charge in [-0.3, -0.25) is 0 Å². The Hall–Kier alpha value is -1.19. The Bertz CT molecular complexity index is 639. The van der Waals surface area contributed by atoms with Crippen molar-refractivity contribution in [2.45, 2.75) is 72.3 Å². The molecule has 2 nitrogen and oxygen atoms in total. The predicted molar refractivity (Wildman–Crippen MR) is 104 cm³/mol. The number of aryl methyl sites for hydroxylation is 1. The summed E-state index contributed by atoms with van der Waals surface area (Å²) in [6.07, 6.45) is 5.06. The van der Waals surface area contributed by atoms with Gasteiger partial charge in [0.2, 0.25) is 0 Å². The number of benzene rings is 1. The lowest BCUT2D eigenvalue weighted by Gasteiger charge is -2.41. The van der Waals surface area contributed by atoms with Crippen molar-refractivity contribution < 1.29 is 5.11 Å². The Labute approximate surface area is 151 Å². The fourth-order valence-electron chi connectivity index (χ4n) is 3.38. The minimum atomic E-state index is -0.703. The van der Waals surface area contributed by atoms with Gasteiger partial charge in [0.05, 0.1) is 15.6 Å². The van der Waals surface area contributed by atoms with Crippen LogP contribution >= 0.6 is 11.3 Å². The quantitative estimate of drug-likeness (QED) is 0.706. The third kappa shape index (κ3) is 3.89. The summed E-state index contributed by atoms with van der Waals surface area (Å²) in [5.74, 6) is 0. The predicted octanol–water partition coefficient (Wildman–Crippen LogP) is 6.32. The molecular formula is C21H31NOS. The Morgan fingerprint density at radius 2 is 1.67 bits per heavy atom. The first kappa shape index (κ1) is 19.1. The minimum Gasteiger partial charge on any atom is -0.384 e. The van der Waals surface area contributed by atoms with Crippen molar-refractivity contribution in [2.24, 2.45) is 5.41 Å². The molecule has 1 saturated carbocycles. The number of rotatable bonds is 3. The van der Waals surface area contributed by atoms with Crippen molar-refractivity contribution in [2.75, 3.05) is 0 Å². The van der Waals surface area contributed by atoms with E-state index in [0.29, 0.717) is 5.41 Å². The molecule has 1 N–H and O–H groups in total. The lowest BCUT2D eigenvalue weighted by atomic mass is 9.68. The number of nitrogens with zero attached hydrogens (tertiary/aromatic N) is 1. The lowest BCUT2D eigenvalue weighted by molar-refractivity contribution is -0.0324. The molecule has 0 saturated heterocycles. The molecule has 3 rings (SSSR count). The monoisotopic (exact) mass is 345 g/mol. The van der Waals surface area contributed by atoms with Crippen LogP contribution in [0.5, 0.6) is 0 Å². The van der Waals surface area contributed by atoms with Crippen LogP contribution in [-0.4, -0.2) is 10.1 Å². The first-order chi connectivity index (χ1) is 11.5. The molecule has 1 aliphatic carbocycles. The van der Waals surface area contributed by atoms with Crippen LogP contribution in [0.15, 0.2) is 30.3 Å². The van der Waals surface area contributed by atoms with E-state index in [1.165, 1.54) is 6.42 Å². The van der Waals surface area contributed by atoms with E-state index < -0.39 is 5.60 Å². The molecule has 0 bridgehead atoms. The molecule has 0 spiro atoms. The maximum Gasteiger partial charge on any atom is 0.101 e. The zero-order valence-electron chi connectivity index (χ0n) is 15.7. The normalized spacial score (nSPS) is 26.6. The van der Waals surface area contributed by atoms with Gasteiger partial charge in [-0.25, -0.2) is 4.98 Å². The summed E-state index contributed by atoms with van der Waals surface area (Å²) in [5, 5.41) is 12.3. The zero-order valence-corrected chi connectivity index (χ0v) is 16.5. The SMILES string of the molecule is CC.CCC1(C)CCC(O)(c2sc(C)nc2-c2ccccc2)CC1. The van der Waals surface area contributed by atoms with E-state index >= 15 is 0 Å². The second kappa shape index (κ2) is 7.79. The molecule has 132 valence electrons. The van der Waals surface area contributed by atoms with Gasteiger partial charge in [0, 0.05) is 5.56 Å². The number of thiazole rings is 1. The van der Waals surface area contributed by atoms with Gasteiger partial charge < -0.3 is 5.11 Å². The smallest absolute Gasteiger partial charge is 0.101 e. The summed E-state index contributed by atoms with van der Waals surface area (Å²) in [5.41, 5.74) is 1.77. The molecule has 0 unspecified atom stereocenters. The number of aliphatic hydroxyl groups is 1. The van der Waals surface area contributed by atoms with Crippen LogP contribution < -0.4 is 0 Å². The van der Waals surface area contributed by atoms with Gasteiger partial charge in [0.15, 0.2) is 0 Å². The molecule has 1 heterocycles. The van der Waals surface area contributed by atoms with Crippen molar-refractivity contribution in [3.8, 4) is 11.3 Å². The van der Waals surface area contributed by atoms with Crippen LogP contribution in [0.2, 0.25) is 0 Å². The molecular weight excluding hydrogens is 314 g/mol. The standard InChI is InChI=1S/C19H25NOS.C2H6/c1-4-18(3)10-12-19(21,13-11-18)17-16(20-14(2)22-17)15-8-6-5-7-9-15;1-2/h5-9,21H,4,10-13H2,1-3H3;1-2H3. The molecule has 1 aromatic carbocycles. The topological polar surface area (TPSA) is 33.1 Å². The lowest BCUT2D eigenvalue weighted by Crippen LogP contribution is -2.35. The average molecular weight is 346 g/mol. The van der Waals surface area contributed by atoms with Crippen molar-refractivity contribution in [3.63, 3.8) is 0 Å². The Morgan fingerprint density at radius 3 is 2.21 bits per heavy atom. The molecule has 3 heteroatoms. The molecule has 0 amide bonds. The van der Waals surface area contributed by atoms with Crippen molar-refractivity contribution in [3.05, 3.63) is 40.2 Å². The van der Waals surface area contributed by atoms with E-state index in [4.69, 9.17) is 4.98 Å². The number of hydrogen-bond acceptors (Lipinski definition) is 3. The second-order valence-corrected chi connectivity index (χ2v) is 8.18. The zero-order chi connectivity index (χ0) is 17.8. The molecule has 0 aliphatic heterocycles. The fraction of sp³-hybridized carbons (Fsp3) is 0.571. The number of aromatic nitrogens is 1. The third-order valence-electron chi connectivity index (χ3n) is 5.34. The van der Waals surface area contributed by atoms with Gasteiger partial charge in [0.25, 0.3) is 0 Å². The highest BCUT2D eigenvalue weighted by Gasteiger charge is 2.42. The number of hydrogen-bond donors (Lipinski definition) is 1.